The van der Waals surface area contributed by atoms with Gasteiger partial charge in [0, 0.05) is 12.1 Å². The third-order valence-electron chi connectivity index (χ3n) is 5.08. The number of hydrogen-bond donors (Lipinski definition) is 1. The predicted molar refractivity (Wildman–Crippen MR) is 118 cm³/mol. The van der Waals surface area contributed by atoms with Gasteiger partial charge in [-0.1, -0.05) is 11.6 Å². The number of aliphatic hydroxyl groups excluding tert-OH is 1. The van der Waals surface area contributed by atoms with Crippen LogP contribution in [-0.2, 0) is 9.59 Å². The molecular weight excluding hydrogens is 420 g/mol. The number of nitrogens with zero attached hydrogens (tertiary/aromatic N) is 2. The Kier molecular flexibility index (Phi) is 7.08. The van der Waals surface area contributed by atoms with Crippen LogP contribution in [0.3, 0.4) is 0 Å². The van der Waals surface area contributed by atoms with Gasteiger partial charge in [-0.05, 0) is 71.2 Å². The van der Waals surface area contributed by atoms with Gasteiger partial charge in [-0.25, -0.2) is 0 Å². The molecule has 3 rings (SSSR count). The lowest BCUT2D eigenvalue weighted by Gasteiger charge is -2.24. The lowest BCUT2D eigenvalue weighted by Crippen LogP contribution is -2.32. The minimum absolute atomic E-state index is 0.00558. The Labute approximate surface area is 186 Å². The second kappa shape index (κ2) is 9.58. The Bertz CT molecular complexity index is 1010. The largest absolute Gasteiger partial charge is 0.507 e. The van der Waals surface area contributed by atoms with E-state index in [0.717, 1.165) is 6.54 Å². The first-order valence-electron chi connectivity index (χ1n) is 10.2. The first-order valence-corrected chi connectivity index (χ1v) is 10.5. The fourth-order valence-corrected chi connectivity index (χ4v) is 3.81. The summed E-state index contributed by atoms with van der Waals surface area (Å²) in [5, 5.41) is 11.5. The average Bonchev–Trinajstić information content (AvgIpc) is 3.25. The molecule has 1 aliphatic heterocycles. The minimum atomic E-state index is -0.804. The molecule has 0 bridgehead atoms. The quantitative estimate of drug-likeness (QED) is 0.374. The number of aryl methyl sites for hydroxylation is 1. The van der Waals surface area contributed by atoms with Gasteiger partial charge < -0.3 is 24.1 Å². The average molecular weight is 447 g/mol. The van der Waals surface area contributed by atoms with Crippen LogP contribution in [0.4, 0.5) is 0 Å². The zero-order valence-electron chi connectivity index (χ0n) is 18.1. The Morgan fingerprint density at radius 1 is 1.26 bits per heavy atom. The van der Waals surface area contributed by atoms with Gasteiger partial charge in [0.1, 0.15) is 29.1 Å². The Morgan fingerprint density at radius 3 is 2.61 bits per heavy atom. The van der Waals surface area contributed by atoms with Gasteiger partial charge >= 0.3 is 0 Å². The molecule has 2 heterocycles. The van der Waals surface area contributed by atoms with Crippen molar-refractivity contribution in [1.29, 1.82) is 0 Å². The van der Waals surface area contributed by atoms with Crippen LogP contribution in [0.1, 0.15) is 36.5 Å². The number of benzene rings is 1. The van der Waals surface area contributed by atoms with Crippen LogP contribution < -0.4 is 4.74 Å². The highest BCUT2D eigenvalue weighted by molar-refractivity contribution is 6.46. The molecule has 0 aliphatic carbocycles. The summed E-state index contributed by atoms with van der Waals surface area (Å²) in [6.45, 7) is 5.11. The molecule has 0 saturated carbocycles. The van der Waals surface area contributed by atoms with Gasteiger partial charge in [0.05, 0.1) is 17.2 Å². The van der Waals surface area contributed by atoms with Crippen molar-refractivity contribution in [3.05, 3.63) is 58.0 Å². The number of furan rings is 1. The van der Waals surface area contributed by atoms with E-state index >= 15 is 0 Å². The fourth-order valence-electron chi connectivity index (χ4n) is 3.64. The van der Waals surface area contributed by atoms with Gasteiger partial charge in [-0.2, -0.15) is 0 Å². The molecule has 1 unspecified atom stereocenters. The van der Waals surface area contributed by atoms with Crippen LogP contribution >= 0.6 is 11.6 Å². The molecule has 0 radical (unpaired) electrons. The van der Waals surface area contributed by atoms with Crippen LogP contribution in [-0.4, -0.2) is 60.4 Å². The van der Waals surface area contributed by atoms with Crippen LogP contribution in [0.25, 0.3) is 5.76 Å². The maximum absolute atomic E-state index is 13.0. The van der Waals surface area contributed by atoms with Crippen molar-refractivity contribution in [2.75, 3.05) is 33.8 Å². The highest BCUT2D eigenvalue weighted by Crippen LogP contribution is 2.41. The molecule has 0 spiro atoms. The van der Waals surface area contributed by atoms with E-state index in [-0.39, 0.29) is 11.3 Å². The highest BCUT2D eigenvalue weighted by Gasteiger charge is 2.47. The van der Waals surface area contributed by atoms with Gasteiger partial charge in [-0.15, -0.1) is 0 Å². The zero-order valence-corrected chi connectivity index (χ0v) is 18.9. The van der Waals surface area contributed by atoms with Crippen LogP contribution in [0, 0.1) is 6.92 Å². The number of Topliss-reactive ketones (excluding diaryl/α,β-unsaturated/α-hetero) is 1. The number of amides is 1. The molecule has 8 heteroatoms. The molecule has 166 valence electrons. The Balaban J connectivity index is 2.08. The Morgan fingerprint density at radius 2 is 2.00 bits per heavy atom. The number of aliphatic hydroxyl groups is 1. The van der Waals surface area contributed by atoms with E-state index in [1.165, 1.54) is 4.90 Å². The van der Waals surface area contributed by atoms with E-state index < -0.39 is 17.7 Å². The molecule has 31 heavy (non-hydrogen) atoms. The smallest absolute Gasteiger partial charge is 0.295 e. The molecule has 1 aromatic carbocycles. The molecule has 1 aromatic heterocycles. The minimum Gasteiger partial charge on any atom is -0.507 e. The second-order valence-electron chi connectivity index (χ2n) is 7.68. The summed E-state index contributed by atoms with van der Waals surface area (Å²) in [4.78, 5) is 29.3. The summed E-state index contributed by atoms with van der Waals surface area (Å²) in [5.41, 5.74) is 0.335. The van der Waals surface area contributed by atoms with Crippen molar-refractivity contribution in [1.82, 2.24) is 9.80 Å². The van der Waals surface area contributed by atoms with E-state index in [2.05, 4.69) is 0 Å². The van der Waals surface area contributed by atoms with E-state index in [1.54, 1.807) is 37.3 Å². The van der Waals surface area contributed by atoms with E-state index in [1.807, 2.05) is 25.9 Å². The maximum Gasteiger partial charge on any atom is 0.295 e. The first kappa shape index (κ1) is 22.9. The van der Waals surface area contributed by atoms with Crippen molar-refractivity contribution in [2.45, 2.75) is 26.3 Å². The molecule has 1 saturated heterocycles. The van der Waals surface area contributed by atoms with Crippen LogP contribution in [0.2, 0.25) is 5.02 Å². The lowest BCUT2D eigenvalue weighted by molar-refractivity contribution is -0.140. The van der Waals surface area contributed by atoms with Crippen LogP contribution in [0.5, 0.6) is 5.75 Å². The topological polar surface area (TPSA) is 83.2 Å². The molecule has 1 atom stereocenters. The van der Waals surface area contributed by atoms with Gasteiger partial charge in [0.2, 0.25) is 0 Å². The van der Waals surface area contributed by atoms with Crippen molar-refractivity contribution < 1.29 is 23.8 Å². The summed E-state index contributed by atoms with van der Waals surface area (Å²) in [6.07, 6.45) is 0.672. The number of ether oxygens (including phenoxy) is 1. The van der Waals surface area contributed by atoms with E-state index in [0.29, 0.717) is 47.4 Å². The number of carbonyl (C=O) groups excluding carboxylic acids is 2. The molecule has 1 amide bonds. The van der Waals surface area contributed by atoms with Crippen molar-refractivity contribution in [3.63, 3.8) is 0 Å². The molecule has 2 aromatic rings. The number of ketones is 1. The predicted octanol–water partition coefficient (Wildman–Crippen LogP) is 4.01. The summed E-state index contributed by atoms with van der Waals surface area (Å²) < 4.78 is 11.3. The van der Waals surface area contributed by atoms with Gasteiger partial charge in [-0.3, -0.25) is 9.59 Å². The lowest BCUT2D eigenvalue weighted by atomic mass is 9.99. The molecule has 1 aliphatic rings. The van der Waals surface area contributed by atoms with Crippen molar-refractivity contribution in [2.24, 2.45) is 0 Å². The van der Waals surface area contributed by atoms with Gasteiger partial charge in [0.15, 0.2) is 0 Å². The summed E-state index contributed by atoms with van der Waals surface area (Å²) in [6, 6.07) is 7.42. The number of halogens is 1. The second-order valence-corrected chi connectivity index (χ2v) is 8.08. The molecule has 1 fully saturated rings. The summed E-state index contributed by atoms with van der Waals surface area (Å²) >= 11 is 6.15. The monoisotopic (exact) mass is 446 g/mol. The highest BCUT2D eigenvalue weighted by atomic mass is 35.5. The van der Waals surface area contributed by atoms with E-state index in [4.69, 9.17) is 20.8 Å². The number of likely N-dealkylation sites (tertiary alicyclic amines) is 1. The standard InChI is InChI=1S/C23H27ClN2O5/c1-5-30-18-13-15(8-9-16(18)24)21(27)19-20(17-10-7-14(2)31-17)26(23(29)22(19)28)12-6-11-25(3)4/h7-10,13,20,27H,5-6,11-12H2,1-4H3/b21-19-. The number of hydrogen-bond acceptors (Lipinski definition) is 6. The van der Waals surface area contributed by atoms with E-state index in [9.17, 15) is 14.7 Å². The molecule has 1 N–H and O–H groups in total. The first-order chi connectivity index (χ1) is 14.7. The number of rotatable bonds is 8. The summed E-state index contributed by atoms with van der Waals surface area (Å²) in [7, 11) is 3.88. The molecular formula is C23H27ClN2O5. The fraction of sp³-hybridized carbons (Fsp3) is 0.391. The third-order valence-corrected chi connectivity index (χ3v) is 5.39. The SMILES string of the molecule is CCOc1cc(/C(O)=C2/C(=O)C(=O)N(CCCN(C)C)C2c2ccc(C)o2)ccc1Cl. The number of carbonyl (C=O) groups is 2. The van der Waals surface area contributed by atoms with Crippen molar-refractivity contribution in [3.8, 4) is 5.75 Å². The summed E-state index contributed by atoms with van der Waals surface area (Å²) in [5.74, 6) is -0.210. The zero-order chi connectivity index (χ0) is 22.7. The van der Waals surface area contributed by atoms with Crippen LogP contribution in [0.15, 0.2) is 40.3 Å². The third kappa shape index (κ3) is 4.78. The normalized spacial score (nSPS) is 18.3. The van der Waals surface area contributed by atoms with Gasteiger partial charge in [0.25, 0.3) is 11.7 Å². The van der Waals surface area contributed by atoms with Crippen molar-refractivity contribution >= 4 is 29.1 Å². The Hall–Kier alpha value is -2.77. The maximum atomic E-state index is 13.0. The molecule has 7 nitrogen and oxygen atoms in total.